The maximum Gasteiger partial charge on any atom is 0.323 e. The second-order valence-electron chi connectivity index (χ2n) is 7.64. The fraction of sp³-hybridized carbons (Fsp3) is 0.591. The summed E-state index contributed by atoms with van der Waals surface area (Å²) in [5, 5.41) is 0. The molecule has 1 fully saturated rings. The highest BCUT2D eigenvalue weighted by molar-refractivity contribution is 5.75. The van der Waals surface area contributed by atoms with Crippen LogP contribution < -0.4 is 4.74 Å². The maximum absolute atomic E-state index is 12.1. The Bertz CT molecular complexity index is 686. The van der Waals surface area contributed by atoms with Crippen LogP contribution in [0.1, 0.15) is 44.2 Å². The van der Waals surface area contributed by atoms with Gasteiger partial charge in [0.2, 0.25) is 0 Å². The lowest BCUT2D eigenvalue weighted by atomic mass is 10.0. The van der Waals surface area contributed by atoms with Gasteiger partial charge in [0, 0.05) is 31.7 Å². The molecular formula is C22H32N2O3. The predicted molar refractivity (Wildman–Crippen MR) is 107 cm³/mol. The first-order valence-corrected chi connectivity index (χ1v) is 10.0. The van der Waals surface area contributed by atoms with E-state index in [0.29, 0.717) is 0 Å². The van der Waals surface area contributed by atoms with Crippen molar-refractivity contribution in [1.29, 1.82) is 0 Å². The second-order valence-corrected chi connectivity index (χ2v) is 7.64. The number of rotatable bonds is 5. The Balaban J connectivity index is 1.73. The molecule has 0 spiro atoms. The third kappa shape index (κ3) is 5.11. The number of allylic oxidation sites excluding steroid dienone is 1. The van der Waals surface area contributed by atoms with E-state index < -0.39 is 0 Å². The van der Waals surface area contributed by atoms with E-state index in [1.54, 1.807) is 0 Å². The van der Waals surface area contributed by atoms with E-state index >= 15 is 0 Å². The van der Waals surface area contributed by atoms with Crippen molar-refractivity contribution in [3.63, 3.8) is 0 Å². The molecule has 0 radical (unpaired) electrons. The molecule has 0 aliphatic carbocycles. The third-order valence-electron chi connectivity index (χ3n) is 5.62. The molecule has 1 atom stereocenters. The summed E-state index contributed by atoms with van der Waals surface area (Å²) in [5.74, 6) is 0.878. The lowest BCUT2D eigenvalue weighted by molar-refractivity contribution is -0.148. The number of esters is 1. The number of methoxy groups -OCH3 is 1. The number of hydrogen-bond donors (Lipinski definition) is 0. The van der Waals surface area contributed by atoms with Gasteiger partial charge in [-0.3, -0.25) is 14.6 Å². The van der Waals surface area contributed by atoms with E-state index in [1.165, 1.54) is 23.8 Å². The average Bonchev–Trinajstić information content (AvgIpc) is 2.88. The smallest absolute Gasteiger partial charge is 0.323 e. The van der Waals surface area contributed by atoms with E-state index in [2.05, 4.69) is 47.9 Å². The molecule has 2 heterocycles. The standard InChI is InChI=1S/C22H32N2O3/c1-4-17(2)14-23-11-12-27-21-9-8-18(13-19(21)16-23)15-24-10-6-5-7-20(24)22(25)26-3/h4,8-9,13,20H,5-7,10-12,14-16H2,1-3H3/b17-4+. The highest BCUT2D eigenvalue weighted by Gasteiger charge is 2.29. The quantitative estimate of drug-likeness (QED) is 0.586. The van der Waals surface area contributed by atoms with Crippen LogP contribution in [-0.4, -0.2) is 55.2 Å². The lowest BCUT2D eigenvalue weighted by Gasteiger charge is -2.33. The van der Waals surface area contributed by atoms with Crippen molar-refractivity contribution in [2.24, 2.45) is 0 Å². The average molecular weight is 373 g/mol. The minimum atomic E-state index is -0.118. The summed E-state index contributed by atoms with van der Waals surface area (Å²) < 4.78 is 11.0. The highest BCUT2D eigenvalue weighted by atomic mass is 16.5. The first kappa shape index (κ1) is 19.9. The molecule has 3 rings (SSSR count). The number of nitrogens with zero attached hydrogens (tertiary/aromatic N) is 2. The molecule has 0 N–H and O–H groups in total. The van der Waals surface area contributed by atoms with Crippen LogP contribution in [0, 0.1) is 0 Å². The van der Waals surface area contributed by atoms with Crippen molar-refractivity contribution in [1.82, 2.24) is 9.80 Å². The third-order valence-corrected chi connectivity index (χ3v) is 5.62. The number of piperidine rings is 1. The lowest BCUT2D eigenvalue weighted by Crippen LogP contribution is -2.44. The molecule has 0 bridgehead atoms. The fourth-order valence-electron chi connectivity index (χ4n) is 4.00. The zero-order chi connectivity index (χ0) is 19.2. The molecule has 1 aromatic rings. The van der Waals surface area contributed by atoms with E-state index in [4.69, 9.17) is 9.47 Å². The fourth-order valence-corrected chi connectivity index (χ4v) is 4.00. The molecular weight excluding hydrogens is 340 g/mol. The molecule has 0 amide bonds. The van der Waals surface area contributed by atoms with Crippen molar-refractivity contribution in [3.8, 4) is 5.75 Å². The summed E-state index contributed by atoms with van der Waals surface area (Å²) in [6.07, 6.45) is 5.29. The van der Waals surface area contributed by atoms with E-state index in [1.807, 2.05) is 0 Å². The maximum atomic E-state index is 12.1. The van der Waals surface area contributed by atoms with Gasteiger partial charge < -0.3 is 9.47 Å². The Kier molecular flexibility index (Phi) is 6.91. The van der Waals surface area contributed by atoms with Gasteiger partial charge in [0.15, 0.2) is 0 Å². The molecule has 1 aromatic carbocycles. The summed E-state index contributed by atoms with van der Waals surface area (Å²) in [5.41, 5.74) is 3.85. The Morgan fingerprint density at radius 2 is 2.19 bits per heavy atom. The van der Waals surface area contributed by atoms with Crippen LogP contribution in [0.25, 0.3) is 0 Å². The van der Waals surface area contributed by atoms with Gasteiger partial charge in [0.25, 0.3) is 0 Å². The Hall–Kier alpha value is -1.85. The van der Waals surface area contributed by atoms with Gasteiger partial charge in [0.1, 0.15) is 18.4 Å². The monoisotopic (exact) mass is 372 g/mol. The molecule has 1 unspecified atom stereocenters. The molecule has 1 saturated heterocycles. The SMILES string of the molecule is C/C=C(\C)CN1CCOc2ccc(CN3CCCCC3C(=O)OC)cc2C1. The van der Waals surface area contributed by atoms with Gasteiger partial charge in [-0.1, -0.05) is 24.1 Å². The number of likely N-dealkylation sites (tertiary alicyclic amines) is 1. The van der Waals surface area contributed by atoms with Gasteiger partial charge in [-0.15, -0.1) is 0 Å². The molecule has 5 nitrogen and oxygen atoms in total. The van der Waals surface area contributed by atoms with Crippen LogP contribution in [0.2, 0.25) is 0 Å². The van der Waals surface area contributed by atoms with Crippen molar-refractivity contribution in [2.45, 2.75) is 52.2 Å². The molecule has 2 aliphatic heterocycles. The highest BCUT2D eigenvalue weighted by Crippen LogP contribution is 2.27. The number of fused-ring (bicyclic) bond motifs is 1. The van der Waals surface area contributed by atoms with E-state index in [9.17, 15) is 4.79 Å². The zero-order valence-electron chi connectivity index (χ0n) is 16.9. The van der Waals surface area contributed by atoms with Gasteiger partial charge >= 0.3 is 5.97 Å². The topological polar surface area (TPSA) is 42.0 Å². The van der Waals surface area contributed by atoms with Crippen LogP contribution in [0.5, 0.6) is 5.75 Å². The van der Waals surface area contributed by atoms with Crippen LogP contribution in [0.15, 0.2) is 29.8 Å². The number of carbonyl (C=O) groups is 1. The number of carbonyl (C=O) groups excluding carboxylic acids is 1. The number of ether oxygens (including phenoxy) is 2. The Morgan fingerprint density at radius 1 is 1.33 bits per heavy atom. The zero-order valence-corrected chi connectivity index (χ0v) is 16.9. The minimum absolute atomic E-state index is 0.110. The van der Waals surface area contributed by atoms with E-state index in [-0.39, 0.29) is 12.0 Å². The molecule has 27 heavy (non-hydrogen) atoms. The molecule has 0 aromatic heterocycles. The van der Waals surface area contributed by atoms with Crippen LogP contribution in [0.4, 0.5) is 0 Å². The van der Waals surface area contributed by atoms with Crippen LogP contribution in [0.3, 0.4) is 0 Å². The van der Waals surface area contributed by atoms with Crippen molar-refractivity contribution < 1.29 is 14.3 Å². The first-order chi connectivity index (χ1) is 13.1. The first-order valence-electron chi connectivity index (χ1n) is 10.0. The minimum Gasteiger partial charge on any atom is -0.492 e. The molecule has 2 aliphatic rings. The number of benzene rings is 1. The van der Waals surface area contributed by atoms with Crippen molar-refractivity contribution >= 4 is 5.97 Å². The van der Waals surface area contributed by atoms with Gasteiger partial charge in [0.05, 0.1) is 7.11 Å². The van der Waals surface area contributed by atoms with Crippen LogP contribution >= 0.6 is 0 Å². The Labute approximate surface area is 162 Å². The second kappa shape index (κ2) is 9.38. The van der Waals surface area contributed by atoms with Gasteiger partial charge in [-0.2, -0.15) is 0 Å². The largest absolute Gasteiger partial charge is 0.492 e. The number of hydrogen-bond acceptors (Lipinski definition) is 5. The molecule has 148 valence electrons. The van der Waals surface area contributed by atoms with Crippen molar-refractivity contribution in [2.75, 3.05) is 33.4 Å². The van der Waals surface area contributed by atoms with Crippen LogP contribution in [-0.2, 0) is 22.6 Å². The summed E-state index contributed by atoms with van der Waals surface area (Å²) in [6.45, 7) is 9.51. The molecule has 0 saturated carbocycles. The summed E-state index contributed by atoms with van der Waals surface area (Å²) >= 11 is 0. The summed E-state index contributed by atoms with van der Waals surface area (Å²) in [7, 11) is 1.48. The normalized spacial score (nSPS) is 21.9. The van der Waals surface area contributed by atoms with E-state index in [0.717, 1.165) is 64.3 Å². The van der Waals surface area contributed by atoms with Gasteiger partial charge in [-0.25, -0.2) is 0 Å². The Morgan fingerprint density at radius 3 is 2.96 bits per heavy atom. The molecule has 5 heteroatoms. The predicted octanol–water partition coefficient (Wildman–Crippen LogP) is 3.37. The summed E-state index contributed by atoms with van der Waals surface area (Å²) in [6, 6.07) is 6.36. The van der Waals surface area contributed by atoms with Gasteiger partial charge in [-0.05, 0) is 50.9 Å². The van der Waals surface area contributed by atoms with Crippen molar-refractivity contribution in [3.05, 3.63) is 41.0 Å². The summed E-state index contributed by atoms with van der Waals surface area (Å²) in [4.78, 5) is 16.8.